The highest BCUT2D eigenvalue weighted by Gasteiger charge is 2.10. The molecule has 5 nitrogen and oxygen atoms in total. The molecule has 0 saturated heterocycles. The Bertz CT molecular complexity index is 434. The number of amides is 1. The van der Waals surface area contributed by atoms with Crippen LogP contribution in [0.1, 0.15) is 5.56 Å². The minimum atomic E-state index is -1.22. The van der Waals surface area contributed by atoms with E-state index in [2.05, 4.69) is 0 Å². The van der Waals surface area contributed by atoms with Crippen molar-refractivity contribution in [3.63, 3.8) is 0 Å². The topological polar surface area (TPSA) is 89.6 Å². The largest absolute Gasteiger partial charge is 0.497 e. The second-order valence-corrected chi connectivity index (χ2v) is 2.99. The van der Waals surface area contributed by atoms with Gasteiger partial charge in [0.2, 0.25) is 5.91 Å². The van der Waals surface area contributed by atoms with Gasteiger partial charge in [-0.3, -0.25) is 4.79 Å². The van der Waals surface area contributed by atoms with Crippen molar-refractivity contribution in [3.8, 4) is 5.75 Å². The van der Waals surface area contributed by atoms with Crippen LogP contribution in [0.5, 0.6) is 5.75 Å². The molecular weight excluding hydrogens is 210 g/mol. The van der Waals surface area contributed by atoms with Crippen LogP contribution in [0.4, 0.5) is 0 Å². The van der Waals surface area contributed by atoms with Crippen molar-refractivity contribution in [2.45, 2.75) is 0 Å². The molecule has 0 aliphatic heterocycles. The number of carbonyl (C=O) groups is 2. The van der Waals surface area contributed by atoms with Crippen LogP contribution in [0, 0.1) is 0 Å². The van der Waals surface area contributed by atoms with Gasteiger partial charge < -0.3 is 15.6 Å². The number of aliphatic carboxylic acids is 1. The van der Waals surface area contributed by atoms with Crippen molar-refractivity contribution in [2.24, 2.45) is 5.73 Å². The Labute approximate surface area is 92.1 Å². The third kappa shape index (κ3) is 2.84. The molecule has 0 radical (unpaired) electrons. The lowest BCUT2D eigenvalue weighted by molar-refractivity contribution is -0.131. The maximum absolute atomic E-state index is 11.0. The average Bonchev–Trinajstić information content (AvgIpc) is 2.25. The summed E-state index contributed by atoms with van der Waals surface area (Å²) in [5.74, 6) is -1.39. The van der Waals surface area contributed by atoms with Crippen LogP contribution in [-0.4, -0.2) is 24.1 Å². The fourth-order valence-electron chi connectivity index (χ4n) is 1.19. The molecule has 0 aliphatic carbocycles. The zero-order chi connectivity index (χ0) is 12.1. The Morgan fingerprint density at radius 3 is 2.25 bits per heavy atom. The average molecular weight is 221 g/mol. The van der Waals surface area contributed by atoms with E-state index in [1.807, 2.05) is 0 Å². The fourth-order valence-corrected chi connectivity index (χ4v) is 1.19. The molecule has 0 bridgehead atoms. The second-order valence-electron chi connectivity index (χ2n) is 2.99. The SMILES string of the molecule is COc1ccc(/C(=C/C(=O)O)C(N)=O)cc1. The third-order valence-corrected chi connectivity index (χ3v) is 1.93. The molecule has 1 amide bonds. The number of primary amides is 1. The molecule has 1 rings (SSSR count). The van der Waals surface area contributed by atoms with Gasteiger partial charge in [-0.15, -0.1) is 0 Å². The molecule has 0 unspecified atom stereocenters. The van der Waals surface area contributed by atoms with Gasteiger partial charge in [-0.25, -0.2) is 4.79 Å². The molecule has 1 aromatic carbocycles. The summed E-state index contributed by atoms with van der Waals surface area (Å²) in [6, 6.07) is 6.37. The first-order chi connectivity index (χ1) is 7.54. The Hall–Kier alpha value is -2.30. The summed E-state index contributed by atoms with van der Waals surface area (Å²) in [5.41, 5.74) is 5.48. The highest BCUT2D eigenvalue weighted by Crippen LogP contribution is 2.18. The predicted octanol–water partition coefficient (Wildman–Crippen LogP) is 0.648. The third-order valence-electron chi connectivity index (χ3n) is 1.93. The molecule has 0 aromatic heterocycles. The van der Waals surface area contributed by atoms with Gasteiger partial charge in [0, 0.05) is 6.08 Å². The van der Waals surface area contributed by atoms with Crippen molar-refractivity contribution in [3.05, 3.63) is 35.9 Å². The van der Waals surface area contributed by atoms with Crippen LogP contribution >= 0.6 is 0 Å². The summed E-state index contributed by atoms with van der Waals surface area (Å²) in [4.78, 5) is 21.6. The first-order valence-electron chi connectivity index (χ1n) is 4.43. The Balaban J connectivity index is 3.12. The van der Waals surface area contributed by atoms with Crippen LogP contribution in [-0.2, 0) is 9.59 Å². The quantitative estimate of drug-likeness (QED) is 0.730. The lowest BCUT2D eigenvalue weighted by Crippen LogP contribution is -2.14. The number of hydrogen-bond donors (Lipinski definition) is 2. The van der Waals surface area contributed by atoms with Gasteiger partial charge in [0.25, 0.3) is 0 Å². The first kappa shape index (κ1) is 11.8. The highest BCUT2D eigenvalue weighted by atomic mass is 16.5. The van der Waals surface area contributed by atoms with E-state index in [0.29, 0.717) is 11.3 Å². The number of nitrogens with two attached hydrogens (primary N) is 1. The number of ether oxygens (including phenoxy) is 1. The molecule has 1 aromatic rings. The van der Waals surface area contributed by atoms with E-state index in [9.17, 15) is 9.59 Å². The molecule has 16 heavy (non-hydrogen) atoms. The fraction of sp³-hybridized carbons (Fsp3) is 0.0909. The maximum atomic E-state index is 11.0. The summed E-state index contributed by atoms with van der Waals surface area (Å²) < 4.78 is 4.94. The van der Waals surface area contributed by atoms with E-state index < -0.39 is 11.9 Å². The predicted molar refractivity (Wildman–Crippen MR) is 57.8 cm³/mol. The molecule has 0 atom stereocenters. The molecule has 0 aliphatic rings. The minimum absolute atomic E-state index is 0.0462. The van der Waals surface area contributed by atoms with Gasteiger partial charge in [-0.05, 0) is 17.7 Å². The number of methoxy groups -OCH3 is 1. The van der Waals surface area contributed by atoms with Crippen molar-refractivity contribution in [1.29, 1.82) is 0 Å². The van der Waals surface area contributed by atoms with Crippen molar-refractivity contribution in [2.75, 3.05) is 7.11 Å². The van der Waals surface area contributed by atoms with Gasteiger partial charge in [0.05, 0.1) is 12.7 Å². The summed E-state index contributed by atoms with van der Waals surface area (Å²) in [6.07, 6.45) is 0.782. The monoisotopic (exact) mass is 221 g/mol. The summed E-state index contributed by atoms with van der Waals surface area (Å²) >= 11 is 0. The van der Waals surface area contributed by atoms with Crippen LogP contribution in [0.3, 0.4) is 0 Å². The number of benzene rings is 1. The molecular formula is C11H11NO4. The number of rotatable bonds is 4. The van der Waals surface area contributed by atoms with E-state index in [4.69, 9.17) is 15.6 Å². The first-order valence-corrected chi connectivity index (χ1v) is 4.43. The molecule has 84 valence electrons. The summed E-state index contributed by atoms with van der Waals surface area (Å²) in [7, 11) is 1.51. The van der Waals surface area contributed by atoms with Crippen molar-refractivity contribution >= 4 is 17.4 Å². The molecule has 3 N–H and O–H groups in total. The van der Waals surface area contributed by atoms with Gasteiger partial charge >= 0.3 is 5.97 Å². The van der Waals surface area contributed by atoms with Gasteiger partial charge in [0.1, 0.15) is 5.75 Å². The van der Waals surface area contributed by atoms with Crippen molar-refractivity contribution in [1.82, 2.24) is 0 Å². The summed E-state index contributed by atoms with van der Waals surface area (Å²) in [5, 5.41) is 8.59. The zero-order valence-corrected chi connectivity index (χ0v) is 8.64. The number of carbonyl (C=O) groups excluding carboxylic acids is 1. The lowest BCUT2D eigenvalue weighted by atomic mass is 10.1. The maximum Gasteiger partial charge on any atom is 0.329 e. The number of hydrogen-bond acceptors (Lipinski definition) is 3. The minimum Gasteiger partial charge on any atom is -0.497 e. The Morgan fingerprint density at radius 1 is 1.31 bits per heavy atom. The molecule has 0 saturated carbocycles. The van der Waals surface area contributed by atoms with E-state index in [1.165, 1.54) is 7.11 Å². The molecule has 0 spiro atoms. The van der Waals surface area contributed by atoms with Crippen LogP contribution in [0.2, 0.25) is 0 Å². The molecule has 0 heterocycles. The highest BCUT2D eigenvalue weighted by molar-refractivity contribution is 6.22. The standard InChI is InChI=1S/C11H11NO4/c1-16-8-4-2-7(3-5-8)9(11(12)15)6-10(13)14/h2-6H,1H3,(H2,12,15)(H,13,14)/b9-6-. The van der Waals surface area contributed by atoms with E-state index in [-0.39, 0.29) is 5.57 Å². The van der Waals surface area contributed by atoms with E-state index >= 15 is 0 Å². The Morgan fingerprint density at radius 2 is 1.88 bits per heavy atom. The van der Waals surface area contributed by atoms with E-state index in [0.717, 1.165) is 6.08 Å². The normalized spacial score (nSPS) is 10.9. The number of carboxylic acids is 1. The smallest absolute Gasteiger partial charge is 0.329 e. The van der Waals surface area contributed by atoms with Gasteiger partial charge in [-0.2, -0.15) is 0 Å². The lowest BCUT2D eigenvalue weighted by Gasteiger charge is -2.04. The van der Waals surface area contributed by atoms with Crippen LogP contribution in [0.15, 0.2) is 30.3 Å². The second kappa shape index (κ2) is 4.97. The molecule has 5 heteroatoms. The molecule has 0 fully saturated rings. The van der Waals surface area contributed by atoms with Crippen LogP contribution < -0.4 is 10.5 Å². The van der Waals surface area contributed by atoms with E-state index in [1.54, 1.807) is 24.3 Å². The van der Waals surface area contributed by atoms with Crippen LogP contribution in [0.25, 0.3) is 5.57 Å². The van der Waals surface area contributed by atoms with Gasteiger partial charge in [-0.1, -0.05) is 12.1 Å². The Kier molecular flexibility index (Phi) is 3.66. The zero-order valence-electron chi connectivity index (χ0n) is 8.64. The van der Waals surface area contributed by atoms with Crippen molar-refractivity contribution < 1.29 is 19.4 Å². The number of carboxylic acid groups (broad SMARTS) is 1. The van der Waals surface area contributed by atoms with Gasteiger partial charge in [0.15, 0.2) is 0 Å². The summed E-state index contributed by atoms with van der Waals surface area (Å²) in [6.45, 7) is 0.